The van der Waals surface area contributed by atoms with Crippen LogP contribution in [0.4, 0.5) is 0 Å². The number of ether oxygens (including phenoxy) is 2. The Labute approximate surface area is 152 Å². The molecule has 0 saturated carbocycles. The van der Waals surface area contributed by atoms with Crippen LogP contribution in [-0.4, -0.2) is 34.4 Å². The maximum absolute atomic E-state index is 13.4. The highest BCUT2D eigenvalue weighted by Gasteiger charge is 2.54. The number of carbonyl (C=O) groups excluding carboxylic acids is 1. The van der Waals surface area contributed by atoms with Crippen LogP contribution < -0.4 is 4.74 Å². The van der Waals surface area contributed by atoms with Crippen molar-refractivity contribution in [3.05, 3.63) is 60.2 Å². The molecule has 7 heteroatoms. The summed E-state index contributed by atoms with van der Waals surface area (Å²) in [5, 5.41) is 0. The molecule has 5 nitrogen and oxygen atoms in total. The number of sulfone groups is 1. The van der Waals surface area contributed by atoms with Gasteiger partial charge in [0.15, 0.2) is 0 Å². The van der Waals surface area contributed by atoms with Gasteiger partial charge in [-0.2, -0.15) is 0 Å². The summed E-state index contributed by atoms with van der Waals surface area (Å²) in [4.78, 5) is 12.9. The average Bonchev–Trinajstić information content (AvgIpc) is 2.64. The Bertz CT molecular complexity index is 816. The average molecular weight is 380 g/mol. The predicted molar refractivity (Wildman–Crippen MR) is 98.4 cm³/mol. The van der Waals surface area contributed by atoms with Gasteiger partial charge in [-0.15, -0.1) is 11.8 Å². The van der Waals surface area contributed by atoms with Crippen molar-refractivity contribution in [2.75, 3.05) is 20.0 Å². The molecular weight excluding hydrogens is 360 g/mol. The topological polar surface area (TPSA) is 69.7 Å². The lowest BCUT2D eigenvalue weighted by molar-refractivity contribution is -0.143. The van der Waals surface area contributed by atoms with Gasteiger partial charge in [0.2, 0.25) is 13.9 Å². The zero-order valence-corrected chi connectivity index (χ0v) is 15.9. The number of hydrogen-bond acceptors (Lipinski definition) is 6. The first-order valence-electron chi connectivity index (χ1n) is 7.60. The smallest absolute Gasteiger partial charge is 0.342 e. The van der Waals surface area contributed by atoms with Gasteiger partial charge in [0, 0.05) is 0 Å². The molecule has 2 rings (SSSR count). The zero-order valence-electron chi connectivity index (χ0n) is 14.3. The second-order valence-electron chi connectivity index (χ2n) is 5.09. The van der Waals surface area contributed by atoms with E-state index in [1.165, 1.54) is 19.2 Å². The molecule has 0 spiro atoms. The maximum atomic E-state index is 13.4. The Hall–Kier alpha value is -1.99. The lowest BCUT2D eigenvalue weighted by Gasteiger charge is -2.30. The molecule has 134 valence electrons. The fourth-order valence-corrected chi connectivity index (χ4v) is 5.83. The molecule has 0 N–H and O–H groups in total. The summed E-state index contributed by atoms with van der Waals surface area (Å²) < 4.78 is 35.2. The molecule has 1 unspecified atom stereocenters. The minimum absolute atomic E-state index is 0.0632. The van der Waals surface area contributed by atoms with Crippen LogP contribution in [0.25, 0.3) is 0 Å². The molecule has 0 amide bonds. The van der Waals surface area contributed by atoms with Crippen molar-refractivity contribution in [3.63, 3.8) is 0 Å². The molecule has 25 heavy (non-hydrogen) atoms. The Kier molecular flexibility index (Phi) is 6.13. The van der Waals surface area contributed by atoms with Gasteiger partial charge in [-0.1, -0.05) is 30.3 Å². The van der Waals surface area contributed by atoms with Gasteiger partial charge in [-0.25, -0.2) is 13.2 Å². The molecule has 0 bridgehead atoms. The van der Waals surface area contributed by atoms with Gasteiger partial charge in [-0.05, 0) is 43.0 Å². The molecule has 0 fully saturated rings. The molecule has 0 aromatic heterocycles. The third kappa shape index (κ3) is 3.39. The Morgan fingerprint density at radius 3 is 2.16 bits per heavy atom. The van der Waals surface area contributed by atoms with Crippen molar-refractivity contribution >= 4 is 27.6 Å². The minimum atomic E-state index is -4.06. The van der Waals surface area contributed by atoms with Crippen LogP contribution in [0, 0.1) is 0 Å². The second-order valence-corrected chi connectivity index (χ2v) is 8.46. The van der Waals surface area contributed by atoms with Crippen molar-refractivity contribution < 1.29 is 22.7 Å². The molecule has 0 aliphatic carbocycles. The third-order valence-corrected chi connectivity index (χ3v) is 7.92. The summed E-state index contributed by atoms with van der Waals surface area (Å²) in [5.41, 5.74) is 0.322. The van der Waals surface area contributed by atoms with E-state index in [0.29, 0.717) is 11.3 Å². The number of hydrogen-bond donors (Lipinski definition) is 0. The van der Waals surface area contributed by atoms with Crippen LogP contribution in [-0.2, 0) is 23.4 Å². The maximum Gasteiger partial charge on any atom is 0.342 e. The predicted octanol–water partition coefficient (Wildman–Crippen LogP) is 3.25. The lowest BCUT2D eigenvalue weighted by Crippen LogP contribution is -2.42. The number of methoxy groups -OCH3 is 1. The quantitative estimate of drug-likeness (QED) is 0.687. The van der Waals surface area contributed by atoms with E-state index in [0.717, 1.165) is 11.8 Å². The first-order chi connectivity index (χ1) is 11.9. The summed E-state index contributed by atoms with van der Waals surface area (Å²) in [6, 6.07) is 14.3. The fourth-order valence-electron chi connectivity index (χ4n) is 2.50. The highest BCUT2D eigenvalue weighted by atomic mass is 32.3. The van der Waals surface area contributed by atoms with E-state index in [1.807, 2.05) is 0 Å². The van der Waals surface area contributed by atoms with Gasteiger partial charge in [0.1, 0.15) is 5.75 Å². The molecular formula is C18H20O5S2. The van der Waals surface area contributed by atoms with E-state index in [-0.39, 0.29) is 11.5 Å². The van der Waals surface area contributed by atoms with Crippen molar-refractivity contribution in [2.45, 2.75) is 15.9 Å². The van der Waals surface area contributed by atoms with Crippen LogP contribution in [0.3, 0.4) is 0 Å². The Morgan fingerprint density at radius 1 is 1.08 bits per heavy atom. The van der Waals surface area contributed by atoms with Crippen LogP contribution in [0.2, 0.25) is 0 Å². The highest BCUT2D eigenvalue weighted by Crippen LogP contribution is 2.45. The van der Waals surface area contributed by atoms with E-state index in [4.69, 9.17) is 9.47 Å². The largest absolute Gasteiger partial charge is 0.497 e. The molecule has 2 aromatic rings. The van der Waals surface area contributed by atoms with E-state index < -0.39 is 19.9 Å². The lowest BCUT2D eigenvalue weighted by atomic mass is 10.1. The van der Waals surface area contributed by atoms with Crippen LogP contribution in [0.1, 0.15) is 12.5 Å². The fraction of sp³-hybridized carbons (Fsp3) is 0.278. The number of thioether (sulfide) groups is 1. The highest BCUT2D eigenvalue weighted by molar-refractivity contribution is 8.14. The van der Waals surface area contributed by atoms with E-state index in [9.17, 15) is 13.2 Å². The van der Waals surface area contributed by atoms with Crippen LogP contribution in [0.15, 0.2) is 59.5 Å². The second kappa shape index (κ2) is 7.93. The number of carbonyl (C=O) groups is 1. The zero-order chi connectivity index (χ0) is 18.5. The van der Waals surface area contributed by atoms with Crippen LogP contribution in [0.5, 0.6) is 5.75 Å². The van der Waals surface area contributed by atoms with Gasteiger partial charge in [0.25, 0.3) is 0 Å². The van der Waals surface area contributed by atoms with Gasteiger partial charge < -0.3 is 9.47 Å². The number of esters is 1. The summed E-state index contributed by atoms with van der Waals surface area (Å²) in [6.45, 7) is 1.73. The third-order valence-electron chi connectivity index (χ3n) is 3.73. The molecule has 2 aromatic carbocycles. The first kappa shape index (κ1) is 19.3. The summed E-state index contributed by atoms with van der Waals surface area (Å²) in [5.74, 6) is -0.240. The summed E-state index contributed by atoms with van der Waals surface area (Å²) in [7, 11) is -2.54. The normalized spacial score (nSPS) is 13.7. The van der Waals surface area contributed by atoms with E-state index in [1.54, 1.807) is 55.6 Å². The van der Waals surface area contributed by atoms with E-state index >= 15 is 0 Å². The summed E-state index contributed by atoms with van der Waals surface area (Å²) in [6.07, 6.45) is 1.58. The molecule has 0 heterocycles. The standard InChI is InChI=1S/C18H20O5S2/c1-4-23-17(19)18(24-3,14-10-12-15(22-2)13-11-14)25(20,21)16-8-6-5-7-9-16/h5-13H,4H2,1-3H3. The summed E-state index contributed by atoms with van der Waals surface area (Å²) >= 11 is 0.930. The van der Waals surface area contributed by atoms with Crippen LogP contribution >= 0.6 is 11.8 Å². The SMILES string of the molecule is CCOC(=O)C(SC)(c1ccc(OC)cc1)S(=O)(=O)c1ccccc1. The van der Waals surface area contributed by atoms with Crippen molar-refractivity contribution in [1.29, 1.82) is 0 Å². The molecule has 0 radical (unpaired) electrons. The molecule has 0 aliphatic heterocycles. The van der Waals surface area contributed by atoms with Gasteiger partial charge >= 0.3 is 5.97 Å². The molecule has 0 aliphatic rings. The number of rotatable bonds is 7. The van der Waals surface area contributed by atoms with Crippen molar-refractivity contribution in [3.8, 4) is 5.75 Å². The molecule has 1 atom stereocenters. The Balaban J connectivity index is 2.73. The van der Waals surface area contributed by atoms with Gasteiger partial charge in [0.05, 0.1) is 18.6 Å². The monoisotopic (exact) mass is 380 g/mol. The first-order valence-corrected chi connectivity index (χ1v) is 10.3. The minimum Gasteiger partial charge on any atom is -0.497 e. The van der Waals surface area contributed by atoms with Gasteiger partial charge in [-0.3, -0.25) is 0 Å². The number of benzene rings is 2. The Morgan fingerprint density at radius 2 is 1.68 bits per heavy atom. The van der Waals surface area contributed by atoms with Crippen molar-refractivity contribution in [1.82, 2.24) is 0 Å². The molecule has 0 saturated heterocycles. The van der Waals surface area contributed by atoms with Crippen molar-refractivity contribution in [2.24, 2.45) is 0 Å². The van der Waals surface area contributed by atoms with E-state index in [2.05, 4.69) is 0 Å².